The first kappa shape index (κ1) is 27.4. The van der Waals surface area contributed by atoms with E-state index in [4.69, 9.17) is 14.2 Å². The molecule has 188 valence electrons. The number of halogens is 2. The van der Waals surface area contributed by atoms with Gasteiger partial charge >= 0.3 is 6.09 Å². The highest BCUT2D eigenvalue weighted by Crippen LogP contribution is 2.37. The summed E-state index contributed by atoms with van der Waals surface area (Å²) in [5.74, 6) is -3.65. The van der Waals surface area contributed by atoms with E-state index in [1.165, 1.54) is 4.90 Å². The Hall–Kier alpha value is -1.81. The lowest BCUT2D eigenvalue weighted by molar-refractivity contribution is -0.135. The molecule has 33 heavy (non-hydrogen) atoms. The molecular weight excluding hydrogens is 436 g/mol. The van der Waals surface area contributed by atoms with Crippen LogP contribution in [0.2, 0.25) is 0 Å². The first-order valence-corrected chi connectivity index (χ1v) is 11.5. The molecule has 0 aliphatic carbocycles. The highest BCUT2D eigenvalue weighted by atomic mass is 19.3. The van der Waals surface area contributed by atoms with Crippen molar-refractivity contribution in [2.75, 3.05) is 39.5 Å². The van der Waals surface area contributed by atoms with Gasteiger partial charge in [-0.25, -0.2) is 13.6 Å². The number of alkyl halides is 2. The Morgan fingerprint density at radius 2 is 1.97 bits per heavy atom. The number of rotatable bonds is 12. The number of carbonyl (C=O) groups is 1. The Balaban J connectivity index is 1.92. The first-order chi connectivity index (χ1) is 15.6. The van der Waals surface area contributed by atoms with Crippen molar-refractivity contribution >= 4 is 6.09 Å². The van der Waals surface area contributed by atoms with Crippen LogP contribution in [0.25, 0.3) is 0 Å². The minimum absolute atomic E-state index is 0.00319. The van der Waals surface area contributed by atoms with Crippen LogP contribution in [0, 0.1) is 5.92 Å². The lowest BCUT2D eigenvalue weighted by Gasteiger charge is -2.43. The molecule has 0 unspecified atom stereocenters. The van der Waals surface area contributed by atoms with Crippen molar-refractivity contribution in [1.82, 2.24) is 4.90 Å². The van der Waals surface area contributed by atoms with Crippen LogP contribution in [0.3, 0.4) is 0 Å². The maximum Gasteiger partial charge on any atom is 0.409 e. The molecule has 1 saturated heterocycles. The van der Waals surface area contributed by atoms with Gasteiger partial charge in [-0.15, -0.1) is 0 Å². The number of ether oxygens (including phenoxy) is 3. The van der Waals surface area contributed by atoms with Crippen molar-refractivity contribution in [3.63, 3.8) is 0 Å². The van der Waals surface area contributed by atoms with Crippen LogP contribution in [-0.2, 0) is 26.4 Å². The molecule has 1 heterocycles. The fraction of sp³-hybridized carbons (Fsp3) is 0.708. The molecule has 0 bridgehead atoms. The van der Waals surface area contributed by atoms with Gasteiger partial charge in [-0.05, 0) is 37.8 Å². The average molecular weight is 474 g/mol. The molecule has 1 aromatic carbocycles. The van der Waals surface area contributed by atoms with Gasteiger partial charge in [0.05, 0.1) is 31.5 Å². The normalized spacial score (nSPS) is 21.5. The number of likely N-dealkylation sites (tertiary alicyclic amines) is 1. The number of unbranched alkanes of at least 4 members (excludes halogenated alkanes) is 1. The van der Waals surface area contributed by atoms with Crippen molar-refractivity contribution in [2.45, 2.75) is 64.3 Å². The van der Waals surface area contributed by atoms with E-state index in [0.717, 1.165) is 12.8 Å². The Kier molecular flexibility index (Phi) is 10.5. The van der Waals surface area contributed by atoms with Gasteiger partial charge < -0.3 is 29.3 Å². The zero-order valence-electron chi connectivity index (χ0n) is 19.8. The monoisotopic (exact) mass is 473 g/mol. The van der Waals surface area contributed by atoms with Crippen LogP contribution >= 0.6 is 0 Å². The van der Waals surface area contributed by atoms with E-state index in [1.807, 2.05) is 6.92 Å². The number of nitrogens with zero attached hydrogens (tertiary/aromatic N) is 1. The minimum Gasteiger partial charge on any atom is -0.449 e. The lowest BCUT2D eigenvalue weighted by Crippen LogP contribution is -2.53. The minimum atomic E-state index is -3.07. The number of aliphatic hydroxyl groups is 2. The lowest BCUT2D eigenvalue weighted by atomic mass is 9.76. The van der Waals surface area contributed by atoms with E-state index in [1.54, 1.807) is 38.1 Å². The fourth-order valence-electron chi connectivity index (χ4n) is 3.71. The molecule has 0 radical (unpaired) electrons. The van der Waals surface area contributed by atoms with Crippen LogP contribution in [-0.4, -0.2) is 72.7 Å². The largest absolute Gasteiger partial charge is 0.449 e. The standard InChI is InChI=1S/C24H37F2NO6/c1-4-5-12-32-22(29)27-11-10-24(30,21(13-27)14-28)20-8-6-19(7-9-20)15-31-16-23(25,26)17-33-18(2)3/h6-9,18,21,28,30H,4-5,10-17H2,1-3H3/t21-,24+/m1/s1. The van der Waals surface area contributed by atoms with Crippen molar-refractivity contribution in [1.29, 1.82) is 0 Å². The van der Waals surface area contributed by atoms with Gasteiger partial charge in [0.25, 0.3) is 5.92 Å². The second kappa shape index (κ2) is 12.6. The Morgan fingerprint density at radius 1 is 1.27 bits per heavy atom. The Labute approximate surface area is 194 Å². The molecule has 1 amide bonds. The summed E-state index contributed by atoms with van der Waals surface area (Å²) in [6.07, 6.45) is 1.23. The molecule has 2 atom stereocenters. The molecule has 7 nitrogen and oxygen atoms in total. The Bertz CT molecular complexity index is 730. The van der Waals surface area contributed by atoms with Gasteiger partial charge in [0.2, 0.25) is 0 Å². The highest BCUT2D eigenvalue weighted by Gasteiger charge is 2.44. The average Bonchev–Trinajstić information content (AvgIpc) is 2.78. The molecule has 1 fully saturated rings. The number of aliphatic hydroxyl groups excluding tert-OH is 1. The van der Waals surface area contributed by atoms with Crippen LogP contribution in [0.5, 0.6) is 0 Å². The number of benzene rings is 1. The zero-order valence-corrected chi connectivity index (χ0v) is 19.8. The van der Waals surface area contributed by atoms with Crippen molar-refractivity contribution in [3.8, 4) is 0 Å². The third-order valence-corrected chi connectivity index (χ3v) is 5.74. The van der Waals surface area contributed by atoms with Gasteiger partial charge in [-0.1, -0.05) is 37.6 Å². The summed E-state index contributed by atoms with van der Waals surface area (Å²) in [5, 5.41) is 21.2. The molecule has 0 aromatic heterocycles. The summed E-state index contributed by atoms with van der Waals surface area (Å²) in [5.41, 5.74) is -0.0318. The highest BCUT2D eigenvalue weighted by molar-refractivity contribution is 5.67. The third kappa shape index (κ3) is 8.17. The maximum absolute atomic E-state index is 13.8. The quantitative estimate of drug-likeness (QED) is 0.450. The summed E-state index contributed by atoms with van der Waals surface area (Å²) in [6, 6.07) is 6.82. The number of carbonyl (C=O) groups excluding carboxylic acids is 1. The molecule has 1 aromatic rings. The number of amides is 1. The maximum atomic E-state index is 13.8. The van der Waals surface area contributed by atoms with E-state index in [-0.39, 0.29) is 32.3 Å². The smallest absolute Gasteiger partial charge is 0.409 e. The molecule has 0 saturated carbocycles. The molecule has 2 N–H and O–H groups in total. The summed E-state index contributed by atoms with van der Waals surface area (Å²) in [7, 11) is 0. The molecule has 2 rings (SSSR count). The summed E-state index contributed by atoms with van der Waals surface area (Å²) < 4.78 is 42.9. The third-order valence-electron chi connectivity index (χ3n) is 5.74. The molecule has 1 aliphatic heterocycles. The van der Waals surface area contributed by atoms with E-state index in [9.17, 15) is 23.8 Å². The van der Waals surface area contributed by atoms with Crippen LogP contribution in [0.15, 0.2) is 24.3 Å². The van der Waals surface area contributed by atoms with Gasteiger partial charge in [0.15, 0.2) is 0 Å². The fourth-order valence-corrected chi connectivity index (χ4v) is 3.71. The first-order valence-electron chi connectivity index (χ1n) is 11.5. The van der Waals surface area contributed by atoms with Crippen LogP contribution < -0.4 is 0 Å². The SMILES string of the molecule is CCCCOC(=O)N1CC[C@](O)(c2ccc(COCC(F)(F)COC(C)C)cc2)[C@@H](CO)C1. The van der Waals surface area contributed by atoms with Gasteiger partial charge in [-0.3, -0.25) is 0 Å². The predicted octanol–water partition coefficient (Wildman–Crippen LogP) is 3.70. The Morgan fingerprint density at radius 3 is 2.58 bits per heavy atom. The summed E-state index contributed by atoms with van der Waals surface area (Å²) >= 11 is 0. The zero-order chi connectivity index (χ0) is 24.5. The summed E-state index contributed by atoms with van der Waals surface area (Å²) in [4.78, 5) is 13.7. The van der Waals surface area contributed by atoms with Crippen LogP contribution in [0.1, 0.15) is 51.2 Å². The van der Waals surface area contributed by atoms with Crippen LogP contribution in [0.4, 0.5) is 13.6 Å². The van der Waals surface area contributed by atoms with Crippen molar-refractivity contribution in [3.05, 3.63) is 35.4 Å². The van der Waals surface area contributed by atoms with E-state index < -0.39 is 36.7 Å². The van der Waals surface area contributed by atoms with E-state index >= 15 is 0 Å². The molecular formula is C24H37F2NO6. The summed E-state index contributed by atoms with van der Waals surface area (Å²) in [6.45, 7) is 4.47. The number of piperidine rings is 1. The van der Waals surface area contributed by atoms with Gasteiger partial charge in [0, 0.05) is 19.0 Å². The van der Waals surface area contributed by atoms with Gasteiger partial charge in [-0.2, -0.15) is 0 Å². The van der Waals surface area contributed by atoms with Crippen molar-refractivity contribution in [2.24, 2.45) is 5.92 Å². The van der Waals surface area contributed by atoms with E-state index in [0.29, 0.717) is 24.3 Å². The van der Waals surface area contributed by atoms with Gasteiger partial charge in [0.1, 0.15) is 13.2 Å². The molecule has 0 spiro atoms. The van der Waals surface area contributed by atoms with E-state index in [2.05, 4.69) is 0 Å². The predicted molar refractivity (Wildman–Crippen MR) is 119 cm³/mol. The second-order valence-corrected chi connectivity index (χ2v) is 8.87. The van der Waals surface area contributed by atoms with Crippen molar-refractivity contribution < 1.29 is 38.0 Å². The number of hydrogen-bond acceptors (Lipinski definition) is 6. The molecule has 9 heteroatoms. The second-order valence-electron chi connectivity index (χ2n) is 8.87. The topological polar surface area (TPSA) is 88.5 Å². The molecule has 1 aliphatic rings. The number of hydrogen-bond donors (Lipinski definition) is 2.